The Bertz CT molecular complexity index is 1890. The van der Waals surface area contributed by atoms with Crippen LogP contribution in [-0.4, -0.2) is 22.2 Å². The first-order valence-corrected chi connectivity index (χ1v) is 14.2. The largest absolute Gasteiger partial charge is 0.481 e. The molecule has 2 N–H and O–H groups in total. The summed E-state index contributed by atoms with van der Waals surface area (Å²) in [4.78, 5) is 23.8. The number of hydrogen-bond donors (Lipinski definition) is 2. The van der Waals surface area contributed by atoms with Crippen LogP contribution in [0, 0.1) is 5.92 Å². The van der Waals surface area contributed by atoms with Gasteiger partial charge in [0.05, 0.1) is 12.3 Å². The molecule has 0 aliphatic heterocycles. The molecule has 0 heterocycles. The number of carboxylic acids is 2. The molecule has 7 rings (SSSR count). The molecule has 204 valence electrons. The number of aliphatic carboxylic acids is 2. The van der Waals surface area contributed by atoms with Crippen molar-refractivity contribution in [1.29, 1.82) is 0 Å². The first-order chi connectivity index (χ1) is 20.4. The van der Waals surface area contributed by atoms with E-state index in [2.05, 4.69) is 97.1 Å². The van der Waals surface area contributed by atoms with Crippen molar-refractivity contribution in [3.05, 3.63) is 132 Å². The molecule has 42 heavy (non-hydrogen) atoms. The van der Waals surface area contributed by atoms with Crippen molar-refractivity contribution in [2.75, 3.05) is 0 Å². The number of fused-ring (bicyclic) bond motifs is 5. The Morgan fingerprint density at radius 1 is 0.548 bits per heavy atom. The fourth-order valence-corrected chi connectivity index (χ4v) is 6.48. The molecule has 4 heteroatoms. The molecule has 0 aromatic heterocycles. The van der Waals surface area contributed by atoms with Gasteiger partial charge >= 0.3 is 11.9 Å². The Balaban J connectivity index is 1.34. The summed E-state index contributed by atoms with van der Waals surface area (Å²) in [6, 6.07) is 42.2. The lowest BCUT2D eigenvalue weighted by Crippen LogP contribution is -2.20. The Morgan fingerprint density at radius 2 is 0.976 bits per heavy atom. The van der Waals surface area contributed by atoms with Gasteiger partial charge in [-0.2, -0.15) is 0 Å². The van der Waals surface area contributed by atoms with Crippen LogP contribution >= 0.6 is 0 Å². The highest BCUT2D eigenvalue weighted by Gasteiger charge is 2.34. The van der Waals surface area contributed by atoms with Crippen LogP contribution < -0.4 is 0 Å². The van der Waals surface area contributed by atoms with Crippen LogP contribution in [0.1, 0.15) is 29.9 Å². The highest BCUT2D eigenvalue weighted by atomic mass is 16.4. The van der Waals surface area contributed by atoms with E-state index in [0.29, 0.717) is 0 Å². The molecular weight excluding hydrogens is 520 g/mol. The Morgan fingerprint density at radius 3 is 1.43 bits per heavy atom. The standard InChI is InChI=1S/C38H28O4/c39-37(40)22-31(38(41)42)21-36-34-19-29(27-11-9-23-5-1-3-7-25(23)17-27)13-15-32(34)33-16-14-30(20-35(33)36)28-12-10-24-6-2-4-8-26(24)18-28/h1-20,31,36H,21-22H2,(H,39,40)(H,41,42). The quantitative estimate of drug-likeness (QED) is 0.209. The number of carboxylic acid groups (broad SMARTS) is 2. The summed E-state index contributed by atoms with van der Waals surface area (Å²) < 4.78 is 0. The molecule has 1 aliphatic rings. The van der Waals surface area contributed by atoms with E-state index in [1.54, 1.807) is 0 Å². The van der Waals surface area contributed by atoms with Gasteiger partial charge in [0.1, 0.15) is 0 Å². The van der Waals surface area contributed by atoms with Crippen molar-refractivity contribution in [3.8, 4) is 33.4 Å². The molecule has 0 fully saturated rings. The van der Waals surface area contributed by atoms with Crippen LogP contribution in [0.5, 0.6) is 0 Å². The van der Waals surface area contributed by atoms with Crippen LogP contribution in [0.25, 0.3) is 54.9 Å². The summed E-state index contributed by atoms with van der Waals surface area (Å²) in [6.07, 6.45) is -0.199. The molecule has 6 aromatic rings. The summed E-state index contributed by atoms with van der Waals surface area (Å²) >= 11 is 0. The lowest BCUT2D eigenvalue weighted by Gasteiger charge is -2.19. The van der Waals surface area contributed by atoms with Crippen molar-refractivity contribution in [2.45, 2.75) is 18.8 Å². The third kappa shape index (κ3) is 4.61. The molecule has 0 saturated carbocycles. The molecule has 1 atom stereocenters. The van der Waals surface area contributed by atoms with E-state index in [0.717, 1.165) is 55.3 Å². The molecular formula is C38H28O4. The van der Waals surface area contributed by atoms with Gasteiger partial charge in [-0.25, -0.2) is 0 Å². The van der Waals surface area contributed by atoms with Crippen LogP contribution in [0.3, 0.4) is 0 Å². The van der Waals surface area contributed by atoms with E-state index in [1.165, 1.54) is 10.8 Å². The van der Waals surface area contributed by atoms with E-state index in [1.807, 2.05) is 24.3 Å². The van der Waals surface area contributed by atoms with Crippen LogP contribution in [-0.2, 0) is 9.59 Å². The van der Waals surface area contributed by atoms with E-state index < -0.39 is 24.3 Å². The molecule has 4 nitrogen and oxygen atoms in total. The molecule has 0 radical (unpaired) electrons. The van der Waals surface area contributed by atoms with Gasteiger partial charge < -0.3 is 10.2 Å². The molecule has 0 saturated heterocycles. The second-order valence-corrected chi connectivity index (χ2v) is 11.1. The highest BCUT2D eigenvalue weighted by Crippen LogP contribution is 2.50. The first kappa shape index (κ1) is 25.7. The van der Waals surface area contributed by atoms with Gasteiger partial charge in [-0.3, -0.25) is 9.59 Å². The second-order valence-electron chi connectivity index (χ2n) is 11.1. The third-order valence-electron chi connectivity index (χ3n) is 8.60. The van der Waals surface area contributed by atoms with Crippen molar-refractivity contribution in [2.24, 2.45) is 5.92 Å². The summed E-state index contributed by atoms with van der Waals surface area (Å²) in [5.74, 6) is -3.42. The van der Waals surface area contributed by atoms with Gasteiger partial charge in [0.25, 0.3) is 0 Å². The van der Waals surface area contributed by atoms with Gasteiger partial charge in [-0.05, 0) is 96.7 Å². The van der Waals surface area contributed by atoms with Gasteiger partial charge in [-0.1, -0.05) is 97.1 Å². The highest BCUT2D eigenvalue weighted by molar-refractivity contribution is 5.91. The number of carbonyl (C=O) groups is 2. The Hall–Kier alpha value is -5.22. The van der Waals surface area contributed by atoms with E-state index in [-0.39, 0.29) is 12.3 Å². The predicted octanol–water partition coefficient (Wildman–Crippen LogP) is 9.00. The third-order valence-corrected chi connectivity index (χ3v) is 8.60. The maximum Gasteiger partial charge on any atom is 0.307 e. The first-order valence-electron chi connectivity index (χ1n) is 14.2. The maximum atomic E-state index is 12.2. The molecule has 1 aliphatic carbocycles. The SMILES string of the molecule is O=C(O)CC(CC1c2cc(-c3ccc4ccccc4c3)ccc2-c2ccc(-c3ccc4ccccc4c3)cc21)C(=O)O. The second kappa shape index (κ2) is 10.3. The van der Waals surface area contributed by atoms with E-state index >= 15 is 0 Å². The fraction of sp³-hybridized carbons (Fsp3) is 0.105. The van der Waals surface area contributed by atoms with Gasteiger partial charge in [0.2, 0.25) is 0 Å². The monoisotopic (exact) mass is 548 g/mol. The zero-order valence-corrected chi connectivity index (χ0v) is 22.8. The van der Waals surface area contributed by atoms with Crippen molar-refractivity contribution in [1.82, 2.24) is 0 Å². The summed E-state index contributed by atoms with van der Waals surface area (Å²) in [7, 11) is 0. The predicted molar refractivity (Wildman–Crippen MR) is 168 cm³/mol. The van der Waals surface area contributed by atoms with E-state index in [9.17, 15) is 19.8 Å². The van der Waals surface area contributed by atoms with E-state index in [4.69, 9.17) is 0 Å². The minimum Gasteiger partial charge on any atom is -0.481 e. The average molecular weight is 549 g/mol. The minimum absolute atomic E-state index is 0.212. The number of benzene rings is 6. The summed E-state index contributed by atoms with van der Waals surface area (Å²) in [5.41, 5.74) is 8.51. The molecule has 0 bridgehead atoms. The number of rotatable bonds is 7. The average Bonchev–Trinajstić information content (AvgIpc) is 3.31. The van der Waals surface area contributed by atoms with Gasteiger partial charge in [0, 0.05) is 5.92 Å². The summed E-state index contributed by atoms with van der Waals surface area (Å²) in [5, 5.41) is 24.1. The van der Waals surface area contributed by atoms with Gasteiger partial charge in [-0.15, -0.1) is 0 Å². The molecule has 0 spiro atoms. The normalized spacial score (nSPS) is 13.1. The topological polar surface area (TPSA) is 74.6 Å². The fourth-order valence-electron chi connectivity index (χ4n) is 6.48. The zero-order chi connectivity index (χ0) is 28.8. The summed E-state index contributed by atoms with van der Waals surface area (Å²) in [6.45, 7) is 0. The minimum atomic E-state index is -1.10. The lowest BCUT2D eigenvalue weighted by molar-refractivity contribution is -0.148. The zero-order valence-electron chi connectivity index (χ0n) is 22.8. The van der Waals surface area contributed by atoms with Crippen LogP contribution in [0.15, 0.2) is 121 Å². The molecule has 0 amide bonds. The smallest absolute Gasteiger partial charge is 0.307 e. The number of hydrogen-bond acceptors (Lipinski definition) is 2. The molecule has 6 aromatic carbocycles. The maximum absolute atomic E-state index is 12.2. The molecule has 1 unspecified atom stereocenters. The lowest BCUT2D eigenvalue weighted by atomic mass is 9.84. The Labute approximate surface area is 243 Å². The van der Waals surface area contributed by atoms with Crippen molar-refractivity contribution in [3.63, 3.8) is 0 Å². The van der Waals surface area contributed by atoms with Gasteiger partial charge in [0.15, 0.2) is 0 Å². The Kier molecular flexibility index (Phi) is 6.32. The van der Waals surface area contributed by atoms with Crippen LogP contribution in [0.2, 0.25) is 0 Å². The van der Waals surface area contributed by atoms with Crippen molar-refractivity contribution >= 4 is 33.5 Å². The van der Waals surface area contributed by atoms with Crippen molar-refractivity contribution < 1.29 is 19.8 Å². The van der Waals surface area contributed by atoms with Crippen LogP contribution in [0.4, 0.5) is 0 Å².